The molecule has 1 aromatic heterocycles. The van der Waals surface area contributed by atoms with Gasteiger partial charge < -0.3 is 20.1 Å². The second-order valence-corrected chi connectivity index (χ2v) is 10.3. The molecule has 34 heavy (non-hydrogen) atoms. The van der Waals surface area contributed by atoms with E-state index in [-0.39, 0.29) is 12.5 Å². The molecule has 182 valence electrons. The summed E-state index contributed by atoms with van der Waals surface area (Å²) in [7, 11) is 0. The minimum Gasteiger partial charge on any atom is -0.491 e. The highest BCUT2D eigenvalue weighted by Gasteiger charge is 2.20. The Morgan fingerprint density at radius 2 is 1.82 bits per heavy atom. The van der Waals surface area contributed by atoms with E-state index >= 15 is 0 Å². The van der Waals surface area contributed by atoms with Crippen LogP contribution in [0.4, 0.5) is 5.69 Å². The number of carbonyl (C=O) groups excluding carboxylic acids is 1. The van der Waals surface area contributed by atoms with Crippen LogP contribution in [0.25, 0.3) is 10.2 Å². The van der Waals surface area contributed by atoms with Gasteiger partial charge in [0.15, 0.2) is 0 Å². The van der Waals surface area contributed by atoms with Gasteiger partial charge in [-0.2, -0.15) is 0 Å². The van der Waals surface area contributed by atoms with Crippen LogP contribution in [-0.2, 0) is 4.79 Å². The Labute approximate surface area is 205 Å². The summed E-state index contributed by atoms with van der Waals surface area (Å²) < 4.78 is 6.96. The Balaban J connectivity index is 1.14. The topological polar surface area (TPSA) is 77.9 Å². The third kappa shape index (κ3) is 6.54. The minimum absolute atomic E-state index is 0.0541. The first-order valence-electron chi connectivity index (χ1n) is 11.9. The fourth-order valence-electron chi connectivity index (χ4n) is 4.32. The van der Waals surface area contributed by atoms with Crippen LogP contribution in [0.2, 0.25) is 0 Å². The first-order valence-corrected chi connectivity index (χ1v) is 12.7. The van der Waals surface area contributed by atoms with Crippen molar-refractivity contribution in [1.82, 2.24) is 14.8 Å². The van der Waals surface area contributed by atoms with Crippen LogP contribution < -0.4 is 10.1 Å². The number of ether oxygens (including phenoxy) is 1. The summed E-state index contributed by atoms with van der Waals surface area (Å²) >= 11 is 1.67. The van der Waals surface area contributed by atoms with Crippen molar-refractivity contribution in [2.75, 3.05) is 51.2 Å². The highest BCUT2D eigenvalue weighted by molar-refractivity contribution is 7.18. The van der Waals surface area contributed by atoms with Crippen LogP contribution in [0.1, 0.15) is 22.6 Å². The maximum atomic E-state index is 12.4. The number of β-amino-alcohol motifs (C(OH)–C–C–N with tert-alkyl or cyclic N) is 1. The number of rotatable bonds is 9. The summed E-state index contributed by atoms with van der Waals surface area (Å²) in [4.78, 5) is 21.5. The molecule has 0 bridgehead atoms. The van der Waals surface area contributed by atoms with Gasteiger partial charge in [-0.3, -0.25) is 9.69 Å². The Morgan fingerprint density at radius 1 is 1.12 bits per heavy atom. The van der Waals surface area contributed by atoms with Gasteiger partial charge in [0, 0.05) is 57.4 Å². The number of aryl methyl sites for hydroxylation is 3. The van der Waals surface area contributed by atoms with Gasteiger partial charge in [0.05, 0.1) is 15.2 Å². The first kappa shape index (κ1) is 24.6. The normalized spacial score (nSPS) is 16.0. The van der Waals surface area contributed by atoms with Crippen molar-refractivity contribution in [2.24, 2.45) is 0 Å². The fourth-order valence-corrected chi connectivity index (χ4v) is 5.13. The lowest BCUT2D eigenvalue weighted by Crippen LogP contribution is -2.49. The van der Waals surface area contributed by atoms with Gasteiger partial charge in [-0.05, 0) is 44.0 Å². The van der Waals surface area contributed by atoms with E-state index in [1.165, 1.54) is 0 Å². The predicted molar refractivity (Wildman–Crippen MR) is 138 cm³/mol. The Bertz CT molecular complexity index is 1100. The molecule has 8 heteroatoms. The Kier molecular flexibility index (Phi) is 8.15. The zero-order valence-electron chi connectivity index (χ0n) is 20.2. The van der Waals surface area contributed by atoms with E-state index in [2.05, 4.69) is 20.1 Å². The number of aromatic nitrogens is 1. The van der Waals surface area contributed by atoms with Crippen LogP contribution in [-0.4, -0.2) is 77.8 Å². The van der Waals surface area contributed by atoms with Crippen molar-refractivity contribution < 1.29 is 14.6 Å². The summed E-state index contributed by atoms with van der Waals surface area (Å²) in [6.07, 6.45) is -0.0739. The van der Waals surface area contributed by atoms with Crippen molar-refractivity contribution in [2.45, 2.75) is 33.3 Å². The van der Waals surface area contributed by atoms with Gasteiger partial charge in [0.2, 0.25) is 5.91 Å². The Morgan fingerprint density at radius 3 is 2.56 bits per heavy atom. The summed E-state index contributed by atoms with van der Waals surface area (Å²) in [5, 5.41) is 14.6. The number of carbonyl (C=O) groups is 1. The van der Waals surface area contributed by atoms with E-state index in [1.54, 1.807) is 11.3 Å². The van der Waals surface area contributed by atoms with Crippen molar-refractivity contribution in [3.63, 3.8) is 0 Å². The second kappa shape index (κ2) is 11.3. The third-order valence-electron chi connectivity index (χ3n) is 6.24. The molecule has 0 radical (unpaired) electrons. The van der Waals surface area contributed by atoms with Crippen LogP contribution in [0.5, 0.6) is 5.75 Å². The maximum Gasteiger partial charge on any atom is 0.225 e. The smallest absolute Gasteiger partial charge is 0.225 e. The van der Waals surface area contributed by atoms with Crippen molar-refractivity contribution in [3.05, 3.63) is 52.5 Å². The summed E-state index contributed by atoms with van der Waals surface area (Å²) in [6.45, 7) is 11.1. The molecule has 1 fully saturated rings. The van der Waals surface area contributed by atoms with E-state index in [4.69, 9.17) is 4.74 Å². The van der Waals surface area contributed by atoms with E-state index in [1.807, 2.05) is 57.2 Å². The highest BCUT2D eigenvalue weighted by atomic mass is 32.1. The SMILES string of the molecule is Cc1nc2cc(OC[C@@H](O)CN3CCN(CCC(=O)Nc4c(C)cccc4C)CC3)ccc2s1. The van der Waals surface area contributed by atoms with E-state index in [0.29, 0.717) is 13.0 Å². The highest BCUT2D eigenvalue weighted by Crippen LogP contribution is 2.25. The van der Waals surface area contributed by atoms with Crippen LogP contribution in [0.15, 0.2) is 36.4 Å². The van der Waals surface area contributed by atoms with Crippen LogP contribution in [0.3, 0.4) is 0 Å². The number of nitrogens with zero attached hydrogens (tertiary/aromatic N) is 3. The average Bonchev–Trinajstić information content (AvgIpc) is 3.19. The summed E-state index contributed by atoms with van der Waals surface area (Å²) in [6, 6.07) is 11.9. The number of anilines is 1. The maximum absolute atomic E-state index is 12.4. The molecule has 2 N–H and O–H groups in total. The number of hydrogen-bond acceptors (Lipinski definition) is 7. The lowest BCUT2D eigenvalue weighted by Gasteiger charge is -2.35. The molecule has 3 aromatic rings. The van der Waals surface area contributed by atoms with Crippen LogP contribution >= 0.6 is 11.3 Å². The fraction of sp³-hybridized carbons (Fsp3) is 0.462. The summed E-state index contributed by atoms with van der Waals surface area (Å²) in [5.74, 6) is 0.791. The number of para-hydroxylation sites is 1. The molecule has 0 unspecified atom stereocenters. The van der Waals surface area contributed by atoms with Gasteiger partial charge in [-0.25, -0.2) is 4.98 Å². The number of nitrogens with one attached hydrogen (secondary N) is 1. The molecule has 2 aromatic carbocycles. The second-order valence-electron chi connectivity index (χ2n) is 9.03. The molecule has 1 atom stereocenters. The monoisotopic (exact) mass is 482 g/mol. The number of amides is 1. The first-order chi connectivity index (χ1) is 16.4. The Hall–Kier alpha value is -2.52. The third-order valence-corrected chi connectivity index (χ3v) is 7.19. The summed E-state index contributed by atoms with van der Waals surface area (Å²) in [5.41, 5.74) is 4.04. The molecule has 0 aliphatic carbocycles. The van der Waals surface area contributed by atoms with Gasteiger partial charge in [-0.15, -0.1) is 11.3 Å². The number of thiazole rings is 1. The molecule has 1 saturated heterocycles. The van der Waals surface area contributed by atoms with E-state index in [9.17, 15) is 9.90 Å². The molecule has 1 aliphatic heterocycles. The number of aliphatic hydroxyl groups is 1. The standard InChI is InChI=1S/C26H34N4O3S/c1-18-5-4-6-19(2)26(18)28-25(32)9-10-29-11-13-30(14-12-29)16-21(31)17-33-22-7-8-24-23(15-22)27-20(3)34-24/h4-8,15,21,31H,9-14,16-17H2,1-3H3,(H,28,32)/t21-/m0/s1. The number of aliphatic hydroxyl groups excluding tert-OH is 1. The molecule has 7 nitrogen and oxygen atoms in total. The lowest BCUT2D eigenvalue weighted by atomic mass is 10.1. The zero-order valence-corrected chi connectivity index (χ0v) is 21.0. The van der Waals surface area contributed by atoms with Crippen LogP contribution in [0, 0.1) is 20.8 Å². The van der Waals surface area contributed by atoms with Gasteiger partial charge in [0.25, 0.3) is 0 Å². The molecular weight excluding hydrogens is 448 g/mol. The van der Waals surface area contributed by atoms with Gasteiger partial charge >= 0.3 is 0 Å². The largest absolute Gasteiger partial charge is 0.491 e. The van der Waals surface area contributed by atoms with Crippen molar-refractivity contribution >= 4 is 33.1 Å². The van der Waals surface area contributed by atoms with Crippen molar-refractivity contribution in [3.8, 4) is 5.75 Å². The van der Waals surface area contributed by atoms with Gasteiger partial charge in [0.1, 0.15) is 18.5 Å². The predicted octanol–water partition coefficient (Wildman–Crippen LogP) is 3.61. The van der Waals surface area contributed by atoms with Gasteiger partial charge in [-0.1, -0.05) is 18.2 Å². The number of piperazine rings is 1. The molecule has 2 heterocycles. The number of hydrogen-bond donors (Lipinski definition) is 2. The molecule has 0 saturated carbocycles. The van der Waals surface area contributed by atoms with E-state index < -0.39 is 6.10 Å². The number of fused-ring (bicyclic) bond motifs is 1. The lowest BCUT2D eigenvalue weighted by molar-refractivity contribution is -0.116. The minimum atomic E-state index is -0.553. The van der Waals surface area contributed by atoms with E-state index in [0.717, 1.165) is 70.5 Å². The molecule has 4 rings (SSSR count). The molecule has 1 aliphatic rings. The average molecular weight is 483 g/mol. The molecule has 1 amide bonds. The quantitative estimate of drug-likeness (QED) is 0.485. The number of benzene rings is 2. The van der Waals surface area contributed by atoms with Crippen molar-refractivity contribution in [1.29, 1.82) is 0 Å². The molecule has 0 spiro atoms. The zero-order chi connectivity index (χ0) is 24.1. The molecular formula is C26H34N4O3S.